The third-order valence-corrected chi connectivity index (χ3v) is 11.7. The maximum atomic E-state index is 6.90. The number of benzene rings is 7. The predicted octanol–water partition coefficient (Wildman–Crippen LogP) is 14.3. The van der Waals surface area contributed by atoms with Crippen LogP contribution in [0.3, 0.4) is 0 Å². The van der Waals surface area contributed by atoms with Crippen molar-refractivity contribution >= 4 is 54.5 Å². The zero-order chi connectivity index (χ0) is 41.7. The average molecular weight is 784 g/mol. The van der Waals surface area contributed by atoms with Crippen molar-refractivity contribution in [3.05, 3.63) is 151 Å². The maximum absolute atomic E-state index is 6.90. The normalized spacial score (nSPS) is 12.8. The molecule has 3 heterocycles. The van der Waals surface area contributed by atoms with Crippen LogP contribution in [0.1, 0.15) is 79.5 Å². The SMILES string of the molecule is CC(C)(C)c1ccc(-n2c(-c3cccc4c3oc3cc5c(ccc6ccccc65)cc34)nc3cccc(-c4ccc(-c5nc(C(C)(C)C)nc(C(C)(C)C)n5)cc4)c32)cc1. The Bertz CT molecular complexity index is 3260. The highest BCUT2D eigenvalue weighted by Gasteiger charge is 2.26. The first-order valence-corrected chi connectivity index (χ1v) is 20.9. The summed E-state index contributed by atoms with van der Waals surface area (Å²) in [4.78, 5) is 20.3. The molecular formula is C54H49N5O. The molecule has 0 saturated heterocycles. The molecule has 7 aromatic carbocycles. The van der Waals surface area contributed by atoms with Gasteiger partial charge in [-0.3, -0.25) is 4.57 Å². The van der Waals surface area contributed by atoms with Crippen molar-refractivity contribution < 1.29 is 4.42 Å². The van der Waals surface area contributed by atoms with Crippen LogP contribution in [0.2, 0.25) is 0 Å². The molecule has 0 bridgehead atoms. The van der Waals surface area contributed by atoms with Gasteiger partial charge < -0.3 is 4.42 Å². The van der Waals surface area contributed by atoms with Crippen molar-refractivity contribution in [2.24, 2.45) is 0 Å². The van der Waals surface area contributed by atoms with E-state index in [1.54, 1.807) is 0 Å². The molecule has 0 radical (unpaired) electrons. The van der Waals surface area contributed by atoms with Crippen LogP contribution >= 0.6 is 0 Å². The number of fused-ring (bicyclic) bond motifs is 7. The standard InChI is InChI=1S/C54H49N5O/c1-52(2,3)36-26-28-37(29-27-36)59-46-39(33-20-23-34(24-21-33)48-56-50(53(4,5)6)58-51(57-48)54(7,8)9)16-13-19-44(46)55-49(59)41-18-12-17-40-43-30-35-25-22-32-14-10-11-15-38(32)42(35)31-45(43)60-47(40)41/h10-31H,1-9H3. The number of hydrogen-bond donors (Lipinski definition) is 0. The second kappa shape index (κ2) is 13.4. The number of aromatic nitrogens is 5. The first kappa shape index (κ1) is 37.6. The number of rotatable bonds is 4. The molecule has 3 aromatic heterocycles. The van der Waals surface area contributed by atoms with Crippen LogP contribution in [0.25, 0.3) is 94.1 Å². The number of furan rings is 1. The highest BCUT2D eigenvalue weighted by Crippen LogP contribution is 2.42. The molecule has 0 aliphatic carbocycles. The minimum atomic E-state index is -0.218. The van der Waals surface area contributed by atoms with Crippen LogP contribution in [0, 0.1) is 0 Å². The van der Waals surface area contributed by atoms with Gasteiger partial charge in [0, 0.05) is 38.4 Å². The van der Waals surface area contributed by atoms with Gasteiger partial charge >= 0.3 is 0 Å². The summed E-state index contributed by atoms with van der Waals surface area (Å²) in [7, 11) is 0. The summed E-state index contributed by atoms with van der Waals surface area (Å²) in [6, 6.07) is 47.8. The molecule has 0 fully saturated rings. The van der Waals surface area contributed by atoms with Crippen LogP contribution in [-0.4, -0.2) is 24.5 Å². The topological polar surface area (TPSA) is 69.6 Å². The van der Waals surface area contributed by atoms with E-state index in [-0.39, 0.29) is 16.2 Å². The van der Waals surface area contributed by atoms with Gasteiger partial charge in [-0.05, 0) is 74.5 Å². The zero-order valence-corrected chi connectivity index (χ0v) is 35.8. The van der Waals surface area contributed by atoms with E-state index in [0.717, 1.165) is 78.4 Å². The number of imidazole rings is 1. The van der Waals surface area contributed by atoms with Crippen LogP contribution in [0.4, 0.5) is 0 Å². The Morgan fingerprint density at radius 3 is 1.80 bits per heavy atom. The van der Waals surface area contributed by atoms with E-state index in [1.807, 2.05) is 0 Å². The molecule has 0 amide bonds. The molecule has 296 valence electrons. The molecule has 6 heteroatoms. The summed E-state index contributed by atoms with van der Waals surface area (Å²) >= 11 is 0. The summed E-state index contributed by atoms with van der Waals surface area (Å²) < 4.78 is 9.22. The minimum Gasteiger partial charge on any atom is -0.455 e. The van der Waals surface area contributed by atoms with Gasteiger partial charge in [0.15, 0.2) is 5.82 Å². The zero-order valence-electron chi connectivity index (χ0n) is 35.8. The molecule has 0 spiro atoms. The monoisotopic (exact) mass is 783 g/mol. The summed E-state index contributed by atoms with van der Waals surface area (Å²) in [5, 5.41) is 6.97. The fourth-order valence-electron chi connectivity index (χ4n) is 8.35. The smallest absolute Gasteiger partial charge is 0.163 e. The lowest BCUT2D eigenvalue weighted by Gasteiger charge is -2.22. The van der Waals surface area contributed by atoms with Gasteiger partial charge in [0.2, 0.25) is 0 Å². The minimum absolute atomic E-state index is 0.0137. The van der Waals surface area contributed by atoms with E-state index < -0.39 is 0 Å². The van der Waals surface area contributed by atoms with Crippen molar-refractivity contribution in [1.29, 1.82) is 0 Å². The van der Waals surface area contributed by atoms with Crippen LogP contribution in [0.5, 0.6) is 0 Å². The number of hydrogen-bond acceptors (Lipinski definition) is 5. The molecular weight excluding hydrogens is 735 g/mol. The number of nitrogens with zero attached hydrogens (tertiary/aromatic N) is 5. The molecule has 0 aliphatic heterocycles. The highest BCUT2D eigenvalue weighted by molar-refractivity contribution is 6.17. The summed E-state index contributed by atoms with van der Waals surface area (Å²) in [5.41, 5.74) is 9.54. The third-order valence-electron chi connectivity index (χ3n) is 11.7. The van der Waals surface area contributed by atoms with E-state index in [4.69, 9.17) is 24.4 Å². The molecule has 10 rings (SSSR count). The van der Waals surface area contributed by atoms with Gasteiger partial charge in [-0.25, -0.2) is 19.9 Å². The van der Waals surface area contributed by atoms with E-state index >= 15 is 0 Å². The van der Waals surface area contributed by atoms with E-state index in [1.165, 1.54) is 27.1 Å². The second-order valence-electron chi connectivity index (χ2n) is 19.3. The first-order valence-electron chi connectivity index (χ1n) is 20.9. The molecule has 0 unspecified atom stereocenters. The van der Waals surface area contributed by atoms with Gasteiger partial charge in [0.25, 0.3) is 0 Å². The Balaban J connectivity index is 1.17. The van der Waals surface area contributed by atoms with Crippen molar-refractivity contribution in [3.63, 3.8) is 0 Å². The third kappa shape index (κ3) is 6.33. The Morgan fingerprint density at radius 1 is 0.467 bits per heavy atom. The van der Waals surface area contributed by atoms with E-state index in [2.05, 4.69) is 200 Å². The molecule has 0 atom stereocenters. The fraction of sp³-hybridized carbons (Fsp3) is 0.222. The van der Waals surface area contributed by atoms with Crippen LogP contribution in [-0.2, 0) is 16.2 Å². The highest BCUT2D eigenvalue weighted by atomic mass is 16.3. The van der Waals surface area contributed by atoms with Crippen molar-refractivity contribution in [3.8, 4) is 39.6 Å². The average Bonchev–Trinajstić information content (AvgIpc) is 3.80. The Hall–Kier alpha value is -6.66. The van der Waals surface area contributed by atoms with E-state index in [0.29, 0.717) is 5.82 Å². The van der Waals surface area contributed by atoms with Crippen molar-refractivity contribution in [2.75, 3.05) is 0 Å². The Morgan fingerprint density at radius 2 is 1.10 bits per heavy atom. The van der Waals surface area contributed by atoms with Gasteiger partial charge in [-0.1, -0.05) is 159 Å². The largest absolute Gasteiger partial charge is 0.455 e. The molecule has 60 heavy (non-hydrogen) atoms. The van der Waals surface area contributed by atoms with Crippen LogP contribution in [0.15, 0.2) is 138 Å². The van der Waals surface area contributed by atoms with E-state index in [9.17, 15) is 0 Å². The summed E-state index contributed by atoms with van der Waals surface area (Å²) in [6.07, 6.45) is 0. The van der Waals surface area contributed by atoms with Crippen LogP contribution < -0.4 is 0 Å². The summed E-state index contributed by atoms with van der Waals surface area (Å²) in [5.74, 6) is 3.10. The van der Waals surface area contributed by atoms with Crippen molar-refractivity contribution in [1.82, 2.24) is 24.5 Å². The lowest BCUT2D eigenvalue weighted by molar-refractivity contribution is 0.497. The first-order chi connectivity index (χ1) is 28.6. The van der Waals surface area contributed by atoms with Gasteiger partial charge in [-0.15, -0.1) is 0 Å². The lowest BCUT2D eigenvalue weighted by atomic mass is 9.87. The molecule has 0 saturated carbocycles. The molecule has 0 aliphatic rings. The quantitative estimate of drug-likeness (QED) is 0.166. The fourth-order valence-corrected chi connectivity index (χ4v) is 8.35. The molecule has 10 aromatic rings. The molecule has 6 nitrogen and oxygen atoms in total. The van der Waals surface area contributed by atoms with Gasteiger partial charge in [0.05, 0.1) is 16.6 Å². The van der Waals surface area contributed by atoms with Gasteiger partial charge in [-0.2, -0.15) is 0 Å². The molecule has 0 N–H and O–H groups in total. The summed E-state index contributed by atoms with van der Waals surface area (Å²) in [6.45, 7) is 19.6. The Labute approximate surface area is 351 Å². The predicted molar refractivity (Wildman–Crippen MR) is 249 cm³/mol. The van der Waals surface area contributed by atoms with Gasteiger partial charge in [0.1, 0.15) is 28.6 Å². The lowest BCUT2D eigenvalue weighted by Crippen LogP contribution is -2.24. The Kier molecular flexibility index (Phi) is 8.42. The number of para-hydroxylation sites is 2. The second-order valence-corrected chi connectivity index (χ2v) is 19.3. The van der Waals surface area contributed by atoms with Crippen molar-refractivity contribution in [2.45, 2.75) is 78.6 Å². The maximum Gasteiger partial charge on any atom is 0.163 e.